The van der Waals surface area contributed by atoms with Crippen molar-refractivity contribution in [3.05, 3.63) is 59.4 Å². The zero-order valence-corrected chi connectivity index (χ0v) is 10.9. The quantitative estimate of drug-likeness (QED) is 0.884. The van der Waals surface area contributed by atoms with Gasteiger partial charge in [-0.25, -0.2) is 8.78 Å². The van der Waals surface area contributed by atoms with Crippen LogP contribution in [0.2, 0.25) is 0 Å². The Labute approximate surface area is 111 Å². The molecular formula is C15H18F2N2. The SMILES string of the molecule is CCC(N)Cc1cccn1Cc1c(F)cccc1F. The van der Waals surface area contributed by atoms with Crippen LogP contribution in [-0.2, 0) is 13.0 Å². The summed E-state index contributed by atoms with van der Waals surface area (Å²) in [5, 5.41) is 0. The van der Waals surface area contributed by atoms with Gasteiger partial charge in [-0.2, -0.15) is 0 Å². The molecule has 1 atom stereocenters. The summed E-state index contributed by atoms with van der Waals surface area (Å²) in [7, 11) is 0. The number of hydrogen-bond donors (Lipinski definition) is 1. The summed E-state index contributed by atoms with van der Waals surface area (Å²) in [4.78, 5) is 0. The molecule has 1 heterocycles. The molecule has 0 aliphatic heterocycles. The predicted molar refractivity (Wildman–Crippen MR) is 71.9 cm³/mol. The number of halogens is 2. The lowest BCUT2D eigenvalue weighted by atomic mass is 10.1. The van der Waals surface area contributed by atoms with E-state index in [2.05, 4.69) is 0 Å². The topological polar surface area (TPSA) is 30.9 Å². The summed E-state index contributed by atoms with van der Waals surface area (Å²) >= 11 is 0. The van der Waals surface area contributed by atoms with E-state index in [-0.39, 0.29) is 18.2 Å². The Bertz CT molecular complexity index is 529. The second kappa shape index (κ2) is 5.97. The molecule has 0 spiro atoms. The van der Waals surface area contributed by atoms with E-state index in [1.807, 2.05) is 29.8 Å². The van der Waals surface area contributed by atoms with Gasteiger partial charge in [-0.1, -0.05) is 13.0 Å². The first-order valence-corrected chi connectivity index (χ1v) is 6.44. The number of rotatable bonds is 5. The fourth-order valence-electron chi connectivity index (χ4n) is 2.06. The fourth-order valence-corrected chi connectivity index (χ4v) is 2.06. The molecule has 0 saturated heterocycles. The van der Waals surface area contributed by atoms with Gasteiger partial charge in [0.25, 0.3) is 0 Å². The fraction of sp³-hybridized carbons (Fsp3) is 0.333. The van der Waals surface area contributed by atoms with Gasteiger partial charge in [0.2, 0.25) is 0 Å². The van der Waals surface area contributed by atoms with Crippen LogP contribution in [0.5, 0.6) is 0 Å². The van der Waals surface area contributed by atoms with Crippen molar-refractivity contribution in [3.63, 3.8) is 0 Å². The molecule has 2 rings (SSSR count). The Morgan fingerprint density at radius 3 is 2.47 bits per heavy atom. The van der Waals surface area contributed by atoms with Gasteiger partial charge in [0.1, 0.15) is 11.6 Å². The van der Waals surface area contributed by atoms with Crippen molar-refractivity contribution in [1.29, 1.82) is 0 Å². The van der Waals surface area contributed by atoms with Crippen molar-refractivity contribution in [3.8, 4) is 0 Å². The third-order valence-electron chi connectivity index (χ3n) is 3.31. The molecule has 19 heavy (non-hydrogen) atoms. The standard InChI is InChI=1S/C15H18F2N2/c1-2-11(18)9-12-5-4-8-19(12)10-13-14(16)6-3-7-15(13)17/h3-8,11H,2,9-10,18H2,1H3. The van der Waals surface area contributed by atoms with E-state index >= 15 is 0 Å². The minimum Gasteiger partial charge on any atom is -0.347 e. The average Bonchev–Trinajstić information content (AvgIpc) is 2.81. The molecule has 2 nitrogen and oxygen atoms in total. The van der Waals surface area contributed by atoms with E-state index in [1.54, 1.807) is 0 Å². The summed E-state index contributed by atoms with van der Waals surface area (Å²) < 4.78 is 29.1. The van der Waals surface area contributed by atoms with Crippen molar-refractivity contribution >= 4 is 0 Å². The van der Waals surface area contributed by atoms with Crippen LogP contribution in [0.25, 0.3) is 0 Å². The normalized spacial score (nSPS) is 12.6. The van der Waals surface area contributed by atoms with E-state index in [0.717, 1.165) is 12.1 Å². The first kappa shape index (κ1) is 13.7. The van der Waals surface area contributed by atoms with Gasteiger partial charge in [-0.15, -0.1) is 0 Å². The van der Waals surface area contributed by atoms with E-state index in [4.69, 9.17) is 5.73 Å². The van der Waals surface area contributed by atoms with Crippen LogP contribution in [0.4, 0.5) is 8.78 Å². The third kappa shape index (κ3) is 3.20. The highest BCUT2D eigenvalue weighted by molar-refractivity contribution is 5.21. The van der Waals surface area contributed by atoms with E-state index in [1.165, 1.54) is 18.2 Å². The molecule has 1 unspecified atom stereocenters. The van der Waals surface area contributed by atoms with Crippen LogP contribution in [-0.4, -0.2) is 10.6 Å². The van der Waals surface area contributed by atoms with Crippen LogP contribution >= 0.6 is 0 Å². The van der Waals surface area contributed by atoms with Crippen molar-refractivity contribution in [2.24, 2.45) is 5.73 Å². The molecule has 2 N–H and O–H groups in total. The average molecular weight is 264 g/mol. The highest BCUT2D eigenvalue weighted by Crippen LogP contribution is 2.16. The minimum absolute atomic E-state index is 0.0686. The highest BCUT2D eigenvalue weighted by atomic mass is 19.1. The smallest absolute Gasteiger partial charge is 0.131 e. The lowest BCUT2D eigenvalue weighted by Gasteiger charge is -2.13. The molecule has 0 aliphatic carbocycles. The summed E-state index contributed by atoms with van der Waals surface area (Å²) in [6, 6.07) is 7.81. The molecule has 1 aromatic heterocycles. The van der Waals surface area contributed by atoms with Gasteiger partial charge in [0.05, 0.1) is 6.54 Å². The largest absolute Gasteiger partial charge is 0.347 e. The molecule has 2 aromatic rings. The molecule has 0 saturated carbocycles. The third-order valence-corrected chi connectivity index (χ3v) is 3.31. The van der Waals surface area contributed by atoms with Crippen molar-refractivity contribution in [2.75, 3.05) is 0 Å². The Morgan fingerprint density at radius 2 is 1.84 bits per heavy atom. The number of nitrogens with zero attached hydrogens (tertiary/aromatic N) is 1. The maximum absolute atomic E-state index is 13.6. The second-order valence-electron chi connectivity index (χ2n) is 4.70. The van der Waals surface area contributed by atoms with E-state index in [9.17, 15) is 8.78 Å². The van der Waals surface area contributed by atoms with E-state index in [0.29, 0.717) is 6.42 Å². The highest BCUT2D eigenvalue weighted by Gasteiger charge is 2.11. The number of aromatic nitrogens is 1. The molecular weight excluding hydrogens is 246 g/mol. The predicted octanol–water partition coefficient (Wildman–Crippen LogP) is 3.09. The molecule has 0 amide bonds. The van der Waals surface area contributed by atoms with Crippen LogP contribution in [0.3, 0.4) is 0 Å². The number of nitrogens with two attached hydrogens (primary N) is 1. The first-order valence-electron chi connectivity index (χ1n) is 6.44. The number of hydrogen-bond acceptors (Lipinski definition) is 1. The Balaban J connectivity index is 2.22. The van der Waals surface area contributed by atoms with Crippen LogP contribution in [0, 0.1) is 11.6 Å². The van der Waals surface area contributed by atoms with Gasteiger partial charge in [-0.3, -0.25) is 0 Å². The van der Waals surface area contributed by atoms with E-state index < -0.39 is 11.6 Å². The monoisotopic (exact) mass is 264 g/mol. The maximum Gasteiger partial charge on any atom is 0.131 e. The molecule has 0 radical (unpaired) electrons. The minimum atomic E-state index is -0.514. The zero-order chi connectivity index (χ0) is 13.8. The molecule has 4 heteroatoms. The summed E-state index contributed by atoms with van der Waals surface area (Å²) in [6.07, 6.45) is 3.41. The summed E-state index contributed by atoms with van der Waals surface area (Å²) in [5.74, 6) is -1.03. The molecule has 0 aliphatic rings. The first-order chi connectivity index (χ1) is 9.11. The van der Waals surface area contributed by atoms with Crippen LogP contribution < -0.4 is 5.73 Å². The maximum atomic E-state index is 13.6. The van der Waals surface area contributed by atoms with Gasteiger partial charge in [0, 0.05) is 29.9 Å². The molecule has 0 bridgehead atoms. The zero-order valence-electron chi connectivity index (χ0n) is 10.9. The van der Waals surface area contributed by atoms with Gasteiger partial charge < -0.3 is 10.3 Å². The number of benzene rings is 1. The van der Waals surface area contributed by atoms with Crippen molar-refractivity contribution in [1.82, 2.24) is 4.57 Å². The lowest BCUT2D eigenvalue weighted by molar-refractivity contribution is 0.537. The van der Waals surface area contributed by atoms with Gasteiger partial charge in [0.15, 0.2) is 0 Å². The Hall–Kier alpha value is -1.68. The van der Waals surface area contributed by atoms with Crippen molar-refractivity contribution in [2.45, 2.75) is 32.4 Å². The Morgan fingerprint density at radius 1 is 1.16 bits per heavy atom. The summed E-state index contributed by atoms with van der Waals surface area (Å²) in [5.41, 5.74) is 7.01. The second-order valence-corrected chi connectivity index (χ2v) is 4.70. The molecule has 0 fully saturated rings. The Kier molecular flexibility index (Phi) is 4.32. The van der Waals surface area contributed by atoms with Gasteiger partial charge in [-0.05, 0) is 30.7 Å². The lowest BCUT2D eigenvalue weighted by Crippen LogP contribution is -2.23. The van der Waals surface area contributed by atoms with Crippen LogP contribution in [0.1, 0.15) is 24.6 Å². The van der Waals surface area contributed by atoms with Crippen molar-refractivity contribution < 1.29 is 8.78 Å². The molecule has 1 aromatic carbocycles. The van der Waals surface area contributed by atoms with Crippen LogP contribution in [0.15, 0.2) is 36.5 Å². The summed E-state index contributed by atoms with van der Waals surface area (Å²) in [6.45, 7) is 2.21. The van der Waals surface area contributed by atoms with Gasteiger partial charge >= 0.3 is 0 Å². The molecule has 102 valence electrons.